The average molecular weight is 312 g/mol. The molecule has 1 aliphatic rings. The van der Waals surface area contributed by atoms with Gasteiger partial charge < -0.3 is 4.90 Å². The summed E-state index contributed by atoms with van der Waals surface area (Å²) in [5.41, 5.74) is 6.87. The van der Waals surface area contributed by atoms with Gasteiger partial charge in [-0.2, -0.15) is 0 Å². The molecule has 1 rings (SSSR count). The molecule has 1 aliphatic carbocycles. The van der Waals surface area contributed by atoms with Crippen LogP contribution < -0.4 is 0 Å². The van der Waals surface area contributed by atoms with Crippen LogP contribution in [0, 0.1) is 17.3 Å². The molecule has 0 radical (unpaired) electrons. The smallest absolute Gasteiger partial charge is 0.0320 e. The van der Waals surface area contributed by atoms with Gasteiger partial charge in [0.05, 0.1) is 0 Å². The first-order valence-electron chi connectivity index (χ1n) is 8.64. The van der Waals surface area contributed by atoms with E-state index in [1.165, 1.54) is 28.0 Å². The summed E-state index contributed by atoms with van der Waals surface area (Å²) in [5, 5.41) is 0. The Morgan fingerprint density at radius 2 is 2.04 bits per heavy atom. The molecule has 1 unspecified atom stereocenters. The Bertz CT molecular complexity index is 602. The molecule has 0 heterocycles. The second-order valence-corrected chi connectivity index (χ2v) is 6.96. The van der Waals surface area contributed by atoms with Gasteiger partial charge in [0.25, 0.3) is 0 Å². The van der Waals surface area contributed by atoms with Crippen molar-refractivity contribution in [1.82, 2.24) is 4.90 Å². The highest BCUT2D eigenvalue weighted by atomic mass is 15.1. The largest absolute Gasteiger partial charge is 0.378 e. The third-order valence-corrected chi connectivity index (χ3v) is 5.07. The minimum atomic E-state index is 0.201. The molecule has 0 aliphatic heterocycles. The van der Waals surface area contributed by atoms with Crippen molar-refractivity contribution in [2.45, 2.75) is 60.3 Å². The molecule has 0 N–H and O–H groups in total. The summed E-state index contributed by atoms with van der Waals surface area (Å²) in [6, 6.07) is 0. The Morgan fingerprint density at radius 3 is 2.52 bits per heavy atom. The van der Waals surface area contributed by atoms with Crippen molar-refractivity contribution >= 4 is 0 Å². The van der Waals surface area contributed by atoms with Crippen LogP contribution in [0.25, 0.3) is 0 Å². The third kappa shape index (κ3) is 4.64. The number of likely N-dealkylation sites (N-methyl/N-ethyl adjacent to an activating group) is 1. The van der Waals surface area contributed by atoms with Crippen molar-refractivity contribution < 1.29 is 0 Å². The van der Waals surface area contributed by atoms with Crippen LogP contribution in [0.5, 0.6) is 0 Å². The van der Waals surface area contributed by atoms with Crippen LogP contribution in [-0.2, 0) is 0 Å². The van der Waals surface area contributed by atoms with E-state index >= 15 is 0 Å². The molecule has 0 aromatic carbocycles. The highest BCUT2D eigenvalue weighted by molar-refractivity contribution is 5.48. The van der Waals surface area contributed by atoms with Gasteiger partial charge >= 0.3 is 0 Å². The second-order valence-electron chi connectivity index (χ2n) is 6.96. The quantitative estimate of drug-likeness (QED) is 0.348. The number of allylic oxidation sites excluding steroid dienone is 6. The number of rotatable bonds is 5. The lowest BCUT2D eigenvalue weighted by Gasteiger charge is -2.37. The highest BCUT2D eigenvalue weighted by Gasteiger charge is 2.33. The summed E-state index contributed by atoms with van der Waals surface area (Å²) in [6.45, 7) is 15.2. The van der Waals surface area contributed by atoms with Crippen LogP contribution in [0.4, 0.5) is 0 Å². The lowest BCUT2D eigenvalue weighted by Crippen LogP contribution is -2.24. The Hall–Kier alpha value is -1.68. The number of hydrogen-bond donors (Lipinski definition) is 0. The molecule has 1 nitrogen and oxygen atoms in total. The van der Waals surface area contributed by atoms with Gasteiger partial charge in [-0.3, -0.25) is 0 Å². The fraction of sp³-hybridized carbons (Fsp3) is 0.545. The Morgan fingerprint density at radius 1 is 1.39 bits per heavy atom. The first-order chi connectivity index (χ1) is 10.8. The third-order valence-electron chi connectivity index (χ3n) is 5.07. The standard InChI is InChI=1S/C22H33N/c1-9-12-19-13-14-22(6,18(5)10-2)16-21(19)17(4)15-20(11-3)23(7)8/h11,15H,5,10,13-14,16H2,1-4,6-8H3/b17-15+,20-11+. The fourth-order valence-electron chi connectivity index (χ4n) is 3.31. The molecule has 0 saturated heterocycles. The molecule has 126 valence electrons. The molecule has 0 bridgehead atoms. The van der Waals surface area contributed by atoms with E-state index in [4.69, 9.17) is 0 Å². The van der Waals surface area contributed by atoms with Crippen molar-refractivity contribution in [1.29, 1.82) is 0 Å². The molecular formula is C22H33N. The lowest BCUT2D eigenvalue weighted by atomic mass is 9.67. The monoisotopic (exact) mass is 311 g/mol. The minimum absolute atomic E-state index is 0.201. The highest BCUT2D eigenvalue weighted by Crippen LogP contribution is 2.46. The van der Waals surface area contributed by atoms with Gasteiger partial charge in [0.1, 0.15) is 0 Å². The molecule has 1 atom stereocenters. The van der Waals surface area contributed by atoms with Gasteiger partial charge in [-0.05, 0) is 69.1 Å². The van der Waals surface area contributed by atoms with Crippen molar-refractivity contribution in [2.24, 2.45) is 5.41 Å². The summed E-state index contributed by atoms with van der Waals surface area (Å²) in [7, 11) is 4.17. The van der Waals surface area contributed by atoms with Gasteiger partial charge in [-0.15, -0.1) is 5.92 Å². The fourth-order valence-corrected chi connectivity index (χ4v) is 3.31. The predicted octanol–water partition coefficient (Wildman–Crippen LogP) is 5.87. The maximum atomic E-state index is 4.34. The molecule has 0 spiro atoms. The van der Waals surface area contributed by atoms with E-state index in [0.29, 0.717) is 0 Å². The first kappa shape index (κ1) is 19.4. The van der Waals surface area contributed by atoms with E-state index in [9.17, 15) is 0 Å². The van der Waals surface area contributed by atoms with Gasteiger partial charge in [-0.1, -0.05) is 38.0 Å². The SMILES string of the molecule is C=C(CC)C1(C)CCC(C#CC)=C(/C(C)=C/C(=C\C)N(C)C)C1. The number of nitrogens with zero attached hydrogens (tertiary/aromatic N) is 1. The zero-order valence-electron chi connectivity index (χ0n) is 16.1. The van der Waals surface area contributed by atoms with Gasteiger partial charge in [0.15, 0.2) is 0 Å². The van der Waals surface area contributed by atoms with Crippen molar-refractivity contribution in [3.8, 4) is 11.8 Å². The number of hydrogen-bond acceptors (Lipinski definition) is 1. The lowest BCUT2D eigenvalue weighted by molar-refractivity contribution is 0.339. The Balaban J connectivity index is 3.31. The average Bonchev–Trinajstić information content (AvgIpc) is 2.53. The summed E-state index contributed by atoms with van der Waals surface area (Å²) < 4.78 is 0. The molecule has 0 saturated carbocycles. The van der Waals surface area contributed by atoms with E-state index < -0.39 is 0 Å². The Kier molecular flexibility index (Phi) is 6.95. The van der Waals surface area contributed by atoms with Crippen molar-refractivity contribution in [3.63, 3.8) is 0 Å². The van der Waals surface area contributed by atoms with Crippen LogP contribution in [0.15, 0.2) is 46.7 Å². The maximum absolute atomic E-state index is 4.34. The molecule has 0 aromatic rings. The van der Waals surface area contributed by atoms with E-state index in [1.807, 2.05) is 6.92 Å². The molecule has 1 heteroatoms. The van der Waals surface area contributed by atoms with Gasteiger partial charge in [0, 0.05) is 25.4 Å². The minimum Gasteiger partial charge on any atom is -0.378 e. The van der Waals surface area contributed by atoms with Crippen molar-refractivity contribution in [3.05, 3.63) is 46.7 Å². The molecule has 0 amide bonds. The van der Waals surface area contributed by atoms with Gasteiger partial charge in [0.2, 0.25) is 0 Å². The van der Waals surface area contributed by atoms with Crippen LogP contribution in [-0.4, -0.2) is 19.0 Å². The van der Waals surface area contributed by atoms with E-state index in [-0.39, 0.29) is 5.41 Å². The zero-order valence-corrected chi connectivity index (χ0v) is 16.1. The zero-order chi connectivity index (χ0) is 17.6. The molecule has 0 aromatic heterocycles. The Labute approximate surface area is 143 Å². The summed E-state index contributed by atoms with van der Waals surface area (Å²) in [6.07, 6.45) is 8.76. The second kappa shape index (κ2) is 8.25. The van der Waals surface area contributed by atoms with E-state index in [2.05, 4.69) is 77.3 Å². The van der Waals surface area contributed by atoms with Gasteiger partial charge in [-0.25, -0.2) is 0 Å². The van der Waals surface area contributed by atoms with Crippen LogP contribution in [0.2, 0.25) is 0 Å². The van der Waals surface area contributed by atoms with Crippen LogP contribution in [0.3, 0.4) is 0 Å². The molecule has 23 heavy (non-hydrogen) atoms. The summed E-state index contributed by atoms with van der Waals surface area (Å²) >= 11 is 0. The molecular weight excluding hydrogens is 278 g/mol. The summed E-state index contributed by atoms with van der Waals surface area (Å²) in [5.74, 6) is 6.46. The van der Waals surface area contributed by atoms with E-state index in [0.717, 1.165) is 25.7 Å². The van der Waals surface area contributed by atoms with Crippen LogP contribution in [0.1, 0.15) is 60.3 Å². The molecule has 0 fully saturated rings. The summed E-state index contributed by atoms with van der Waals surface area (Å²) in [4.78, 5) is 2.15. The van der Waals surface area contributed by atoms with Crippen LogP contribution >= 0.6 is 0 Å². The first-order valence-corrected chi connectivity index (χ1v) is 8.64. The predicted molar refractivity (Wildman–Crippen MR) is 103 cm³/mol. The van der Waals surface area contributed by atoms with E-state index in [1.54, 1.807) is 0 Å². The topological polar surface area (TPSA) is 3.24 Å². The van der Waals surface area contributed by atoms with Crippen molar-refractivity contribution in [2.75, 3.05) is 14.1 Å². The normalized spacial score (nSPS) is 22.6. The maximum Gasteiger partial charge on any atom is 0.0320 e.